The van der Waals surface area contributed by atoms with Crippen LogP contribution in [0.5, 0.6) is 0 Å². The van der Waals surface area contributed by atoms with E-state index in [9.17, 15) is 4.79 Å². The molecule has 0 aromatic carbocycles. The Bertz CT molecular complexity index is 161. The van der Waals surface area contributed by atoms with Crippen LogP contribution in [0.4, 0.5) is 4.79 Å². The van der Waals surface area contributed by atoms with Crippen molar-refractivity contribution in [1.29, 1.82) is 0 Å². The van der Waals surface area contributed by atoms with Crippen LogP contribution in [0.3, 0.4) is 0 Å². The molecule has 2 amide bonds. The molecule has 0 atom stereocenters. The van der Waals surface area contributed by atoms with Gasteiger partial charge in [-0.15, -0.1) is 0 Å². The first-order valence-electron chi connectivity index (χ1n) is 5.20. The molecule has 0 aliphatic carbocycles. The van der Waals surface area contributed by atoms with Crippen molar-refractivity contribution in [3.05, 3.63) is 0 Å². The van der Waals surface area contributed by atoms with Crippen molar-refractivity contribution in [2.24, 2.45) is 0 Å². The molecule has 0 saturated heterocycles. The lowest BCUT2D eigenvalue weighted by atomic mass is 10.2. The van der Waals surface area contributed by atoms with Crippen molar-refractivity contribution in [2.45, 2.75) is 39.8 Å². The lowest BCUT2D eigenvalue weighted by Crippen LogP contribution is -2.44. The molecule has 0 saturated carbocycles. The number of urea groups is 1. The largest absolute Gasteiger partial charge is 0.341 e. The minimum absolute atomic E-state index is 0.113. The Hall–Kier alpha value is -0.770. The highest BCUT2D eigenvalue weighted by Gasteiger charge is 2.12. The van der Waals surface area contributed by atoms with E-state index in [1.54, 1.807) is 7.05 Å². The van der Waals surface area contributed by atoms with Crippen LogP contribution < -0.4 is 10.6 Å². The molecule has 0 aliphatic heterocycles. The predicted molar refractivity (Wildman–Crippen MR) is 59.4 cm³/mol. The van der Waals surface area contributed by atoms with E-state index in [1.165, 1.54) is 0 Å². The summed E-state index contributed by atoms with van der Waals surface area (Å²) in [7, 11) is 1.62. The minimum Gasteiger partial charge on any atom is -0.341 e. The standard InChI is InChI=1S/C10H23N3O/c1-8(2)13(9(3)4)7-6-12-10(14)11-5/h8-9H,6-7H2,1-5H3,(H2,11,12,14). The van der Waals surface area contributed by atoms with Crippen LogP contribution in [0.15, 0.2) is 0 Å². The Morgan fingerprint density at radius 1 is 1.21 bits per heavy atom. The molecule has 2 N–H and O–H groups in total. The summed E-state index contributed by atoms with van der Waals surface area (Å²) in [6.07, 6.45) is 0. The molecule has 0 radical (unpaired) electrons. The van der Waals surface area contributed by atoms with Gasteiger partial charge in [-0.3, -0.25) is 4.90 Å². The fourth-order valence-electron chi connectivity index (χ4n) is 1.50. The highest BCUT2D eigenvalue weighted by molar-refractivity contribution is 5.73. The number of nitrogens with one attached hydrogen (secondary N) is 2. The SMILES string of the molecule is CNC(=O)NCCN(C(C)C)C(C)C. The zero-order chi connectivity index (χ0) is 11.1. The smallest absolute Gasteiger partial charge is 0.314 e. The molecule has 84 valence electrons. The minimum atomic E-state index is -0.113. The maximum absolute atomic E-state index is 10.9. The fourth-order valence-corrected chi connectivity index (χ4v) is 1.50. The van der Waals surface area contributed by atoms with Crippen molar-refractivity contribution >= 4 is 6.03 Å². The number of rotatable bonds is 5. The van der Waals surface area contributed by atoms with Crippen LogP contribution in [0, 0.1) is 0 Å². The quantitative estimate of drug-likeness (QED) is 0.698. The van der Waals surface area contributed by atoms with Gasteiger partial charge in [0, 0.05) is 32.2 Å². The zero-order valence-corrected chi connectivity index (χ0v) is 9.92. The van der Waals surface area contributed by atoms with Crippen LogP contribution in [0.2, 0.25) is 0 Å². The Morgan fingerprint density at radius 3 is 2.07 bits per heavy atom. The fraction of sp³-hybridized carbons (Fsp3) is 0.900. The lowest BCUT2D eigenvalue weighted by molar-refractivity contribution is 0.175. The molecule has 0 spiro atoms. The first-order chi connectivity index (χ1) is 6.49. The summed E-state index contributed by atoms with van der Waals surface area (Å²) in [5, 5.41) is 5.31. The van der Waals surface area contributed by atoms with Crippen LogP contribution in [0.25, 0.3) is 0 Å². The summed E-state index contributed by atoms with van der Waals surface area (Å²) in [6, 6.07) is 0.917. The average Bonchev–Trinajstić information content (AvgIpc) is 2.10. The second kappa shape index (κ2) is 6.65. The van der Waals surface area contributed by atoms with Gasteiger partial charge in [0.15, 0.2) is 0 Å². The van der Waals surface area contributed by atoms with E-state index in [2.05, 4.69) is 43.2 Å². The van der Waals surface area contributed by atoms with Gasteiger partial charge in [0.25, 0.3) is 0 Å². The van der Waals surface area contributed by atoms with Gasteiger partial charge >= 0.3 is 6.03 Å². The molecule has 4 nitrogen and oxygen atoms in total. The van der Waals surface area contributed by atoms with E-state index in [4.69, 9.17) is 0 Å². The van der Waals surface area contributed by atoms with Crippen molar-refractivity contribution in [2.75, 3.05) is 20.1 Å². The summed E-state index contributed by atoms with van der Waals surface area (Å²) < 4.78 is 0. The van der Waals surface area contributed by atoms with Gasteiger partial charge in [-0.25, -0.2) is 4.79 Å². The molecule has 0 aromatic heterocycles. The summed E-state index contributed by atoms with van der Waals surface area (Å²) in [6.45, 7) is 10.2. The maximum Gasteiger partial charge on any atom is 0.314 e. The van der Waals surface area contributed by atoms with Gasteiger partial charge < -0.3 is 10.6 Å². The van der Waals surface area contributed by atoms with E-state index < -0.39 is 0 Å². The van der Waals surface area contributed by atoms with E-state index in [-0.39, 0.29) is 6.03 Å². The number of hydrogen-bond donors (Lipinski definition) is 2. The topological polar surface area (TPSA) is 44.4 Å². The Labute approximate surface area is 87.0 Å². The number of hydrogen-bond acceptors (Lipinski definition) is 2. The lowest BCUT2D eigenvalue weighted by Gasteiger charge is -2.30. The van der Waals surface area contributed by atoms with Crippen LogP contribution in [-0.2, 0) is 0 Å². The van der Waals surface area contributed by atoms with Gasteiger partial charge in [-0.05, 0) is 27.7 Å². The molecule has 0 heterocycles. The number of nitrogens with zero attached hydrogens (tertiary/aromatic N) is 1. The van der Waals surface area contributed by atoms with Gasteiger partial charge in [-0.1, -0.05) is 0 Å². The first-order valence-corrected chi connectivity index (χ1v) is 5.20. The van der Waals surface area contributed by atoms with Gasteiger partial charge in [0.05, 0.1) is 0 Å². The van der Waals surface area contributed by atoms with Crippen LogP contribution >= 0.6 is 0 Å². The molecular weight excluding hydrogens is 178 g/mol. The average molecular weight is 201 g/mol. The second-order valence-corrected chi connectivity index (χ2v) is 3.93. The highest BCUT2D eigenvalue weighted by atomic mass is 16.2. The van der Waals surface area contributed by atoms with Crippen LogP contribution in [0.1, 0.15) is 27.7 Å². The zero-order valence-electron chi connectivity index (χ0n) is 9.92. The predicted octanol–water partition coefficient (Wildman–Crippen LogP) is 1.03. The molecule has 4 heteroatoms. The van der Waals surface area contributed by atoms with E-state index in [0.29, 0.717) is 18.6 Å². The number of carbonyl (C=O) groups is 1. The summed E-state index contributed by atoms with van der Waals surface area (Å²) in [5.74, 6) is 0. The number of carbonyl (C=O) groups excluding carboxylic acids is 1. The molecule has 0 fully saturated rings. The Morgan fingerprint density at radius 2 is 1.71 bits per heavy atom. The van der Waals surface area contributed by atoms with Gasteiger partial charge in [0.2, 0.25) is 0 Å². The third-order valence-corrected chi connectivity index (χ3v) is 2.21. The Balaban J connectivity index is 3.78. The molecule has 0 aliphatic rings. The monoisotopic (exact) mass is 201 g/mol. The van der Waals surface area contributed by atoms with E-state index in [0.717, 1.165) is 6.54 Å². The normalized spacial score (nSPS) is 11.1. The van der Waals surface area contributed by atoms with Crippen molar-refractivity contribution < 1.29 is 4.79 Å². The van der Waals surface area contributed by atoms with Gasteiger partial charge in [0.1, 0.15) is 0 Å². The van der Waals surface area contributed by atoms with Crippen molar-refractivity contribution in [3.63, 3.8) is 0 Å². The third kappa shape index (κ3) is 5.07. The Kier molecular flexibility index (Phi) is 6.28. The second-order valence-electron chi connectivity index (χ2n) is 3.93. The van der Waals surface area contributed by atoms with Crippen molar-refractivity contribution in [1.82, 2.24) is 15.5 Å². The van der Waals surface area contributed by atoms with Crippen LogP contribution in [-0.4, -0.2) is 43.2 Å². The molecule has 0 aromatic rings. The summed E-state index contributed by atoms with van der Waals surface area (Å²) in [5.41, 5.74) is 0. The summed E-state index contributed by atoms with van der Waals surface area (Å²) in [4.78, 5) is 13.2. The molecule has 0 rings (SSSR count). The molecule has 0 bridgehead atoms. The summed E-state index contributed by atoms with van der Waals surface area (Å²) >= 11 is 0. The molecule has 14 heavy (non-hydrogen) atoms. The maximum atomic E-state index is 10.9. The van der Waals surface area contributed by atoms with Gasteiger partial charge in [-0.2, -0.15) is 0 Å². The molecular formula is C10H23N3O. The molecule has 0 unspecified atom stereocenters. The number of amides is 2. The third-order valence-electron chi connectivity index (χ3n) is 2.21. The van der Waals surface area contributed by atoms with E-state index >= 15 is 0 Å². The van der Waals surface area contributed by atoms with Crippen molar-refractivity contribution in [3.8, 4) is 0 Å². The van der Waals surface area contributed by atoms with E-state index in [1.807, 2.05) is 0 Å². The first kappa shape index (κ1) is 13.2. The highest BCUT2D eigenvalue weighted by Crippen LogP contribution is 2.02.